The Labute approximate surface area is 175 Å². The standard InChI is InChI=1S/C23H28F3N3O/c1-3-17(2)20-9-4-5-10-21(20)27-22(30)16-28-11-13-29(14-12-28)19-8-6-7-18(15-19)23(24,25)26/h4-10,15,17H,3,11-14,16H2,1-2H3,(H,27,30)/t17-/m1/s1. The van der Waals surface area contributed by atoms with Gasteiger partial charge in [-0.25, -0.2) is 0 Å². The molecule has 1 aliphatic heterocycles. The molecule has 162 valence electrons. The van der Waals surface area contributed by atoms with Crippen LogP contribution in [0.1, 0.15) is 37.3 Å². The minimum absolute atomic E-state index is 0.0710. The highest BCUT2D eigenvalue weighted by molar-refractivity contribution is 5.93. The van der Waals surface area contributed by atoms with Crippen LogP contribution in [0.25, 0.3) is 0 Å². The topological polar surface area (TPSA) is 35.6 Å². The van der Waals surface area contributed by atoms with Gasteiger partial charge in [-0.3, -0.25) is 9.69 Å². The molecule has 4 nitrogen and oxygen atoms in total. The first-order chi connectivity index (χ1) is 14.3. The Bertz CT molecular complexity index is 861. The molecule has 0 spiro atoms. The van der Waals surface area contributed by atoms with E-state index in [4.69, 9.17) is 0 Å². The Kier molecular flexibility index (Phi) is 7.02. The summed E-state index contributed by atoms with van der Waals surface area (Å²) in [7, 11) is 0. The Balaban J connectivity index is 1.55. The molecular weight excluding hydrogens is 391 g/mol. The number of nitrogens with one attached hydrogen (secondary N) is 1. The average molecular weight is 419 g/mol. The van der Waals surface area contributed by atoms with Crippen molar-refractivity contribution in [1.82, 2.24) is 4.90 Å². The van der Waals surface area contributed by atoms with E-state index in [2.05, 4.69) is 19.2 Å². The molecule has 0 unspecified atom stereocenters. The fourth-order valence-corrected chi connectivity index (χ4v) is 3.70. The van der Waals surface area contributed by atoms with Crippen LogP contribution in [0, 0.1) is 0 Å². The lowest BCUT2D eigenvalue weighted by atomic mass is 9.97. The molecule has 1 atom stereocenters. The van der Waals surface area contributed by atoms with Crippen LogP contribution in [-0.4, -0.2) is 43.5 Å². The van der Waals surface area contributed by atoms with Crippen LogP contribution >= 0.6 is 0 Å². The van der Waals surface area contributed by atoms with Crippen molar-refractivity contribution < 1.29 is 18.0 Å². The predicted octanol–water partition coefficient (Wildman–Crippen LogP) is 4.98. The van der Waals surface area contributed by atoms with Crippen molar-refractivity contribution in [2.24, 2.45) is 0 Å². The van der Waals surface area contributed by atoms with Gasteiger partial charge in [-0.05, 0) is 42.2 Å². The van der Waals surface area contributed by atoms with Crippen LogP contribution in [0.3, 0.4) is 0 Å². The zero-order valence-electron chi connectivity index (χ0n) is 17.4. The van der Waals surface area contributed by atoms with E-state index in [1.807, 2.05) is 34.1 Å². The summed E-state index contributed by atoms with van der Waals surface area (Å²) in [5.41, 5.74) is 1.90. The Morgan fingerprint density at radius 2 is 1.77 bits per heavy atom. The maximum absolute atomic E-state index is 12.9. The first kappa shape index (κ1) is 22.2. The minimum atomic E-state index is -4.35. The van der Waals surface area contributed by atoms with Crippen LogP contribution in [-0.2, 0) is 11.0 Å². The molecule has 30 heavy (non-hydrogen) atoms. The van der Waals surface area contributed by atoms with E-state index in [0.29, 0.717) is 37.8 Å². The molecule has 1 heterocycles. The molecule has 1 saturated heterocycles. The molecule has 0 saturated carbocycles. The summed E-state index contributed by atoms with van der Waals surface area (Å²) in [6, 6.07) is 13.3. The average Bonchev–Trinajstić information content (AvgIpc) is 2.73. The van der Waals surface area contributed by atoms with E-state index < -0.39 is 11.7 Å². The van der Waals surface area contributed by atoms with Gasteiger partial charge in [-0.1, -0.05) is 38.1 Å². The number of benzene rings is 2. The third-order valence-corrected chi connectivity index (χ3v) is 5.66. The van der Waals surface area contributed by atoms with Gasteiger partial charge in [0.05, 0.1) is 12.1 Å². The number of halogens is 3. The predicted molar refractivity (Wildman–Crippen MR) is 114 cm³/mol. The molecule has 0 radical (unpaired) electrons. The highest BCUT2D eigenvalue weighted by Gasteiger charge is 2.31. The van der Waals surface area contributed by atoms with E-state index >= 15 is 0 Å². The first-order valence-electron chi connectivity index (χ1n) is 10.3. The Morgan fingerprint density at radius 3 is 2.43 bits per heavy atom. The molecule has 1 amide bonds. The summed E-state index contributed by atoms with van der Waals surface area (Å²) in [4.78, 5) is 16.5. The number of carbonyl (C=O) groups is 1. The molecule has 1 N–H and O–H groups in total. The molecule has 0 aromatic heterocycles. The highest BCUT2D eigenvalue weighted by atomic mass is 19.4. The van der Waals surface area contributed by atoms with Crippen molar-refractivity contribution in [2.75, 3.05) is 42.9 Å². The van der Waals surface area contributed by atoms with Crippen molar-refractivity contribution in [2.45, 2.75) is 32.4 Å². The second-order valence-corrected chi connectivity index (χ2v) is 7.76. The lowest BCUT2D eigenvalue weighted by Gasteiger charge is -2.36. The smallest absolute Gasteiger partial charge is 0.369 e. The minimum Gasteiger partial charge on any atom is -0.369 e. The largest absolute Gasteiger partial charge is 0.416 e. The Hall–Kier alpha value is -2.54. The third kappa shape index (κ3) is 5.53. The SMILES string of the molecule is CC[C@@H](C)c1ccccc1NC(=O)CN1CCN(c2cccc(C(F)(F)F)c2)CC1. The molecule has 1 fully saturated rings. The second kappa shape index (κ2) is 9.51. The number of piperazine rings is 1. The van der Waals surface area contributed by atoms with Gasteiger partial charge in [0.25, 0.3) is 0 Å². The number of hydrogen-bond donors (Lipinski definition) is 1. The number of hydrogen-bond acceptors (Lipinski definition) is 3. The second-order valence-electron chi connectivity index (χ2n) is 7.76. The van der Waals surface area contributed by atoms with E-state index in [1.165, 1.54) is 12.1 Å². The number of carbonyl (C=O) groups excluding carboxylic acids is 1. The van der Waals surface area contributed by atoms with E-state index in [-0.39, 0.29) is 12.5 Å². The van der Waals surface area contributed by atoms with Crippen molar-refractivity contribution in [3.63, 3.8) is 0 Å². The number of anilines is 2. The molecule has 1 aliphatic rings. The van der Waals surface area contributed by atoms with Gasteiger partial charge < -0.3 is 10.2 Å². The van der Waals surface area contributed by atoms with Crippen molar-refractivity contribution in [1.29, 1.82) is 0 Å². The maximum Gasteiger partial charge on any atom is 0.416 e. The summed E-state index contributed by atoms with van der Waals surface area (Å²) >= 11 is 0. The summed E-state index contributed by atoms with van der Waals surface area (Å²) in [5, 5.41) is 3.02. The normalized spacial score (nSPS) is 16.4. The monoisotopic (exact) mass is 419 g/mol. The van der Waals surface area contributed by atoms with Crippen molar-refractivity contribution in [3.8, 4) is 0 Å². The number of amides is 1. The quantitative estimate of drug-likeness (QED) is 0.717. The van der Waals surface area contributed by atoms with Gasteiger partial charge in [0.2, 0.25) is 5.91 Å². The van der Waals surface area contributed by atoms with Gasteiger partial charge in [0.15, 0.2) is 0 Å². The molecule has 7 heteroatoms. The van der Waals surface area contributed by atoms with Gasteiger partial charge in [0, 0.05) is 37.6 Å². The summed E-state index contributed by atoms with van der Waals surface area (Å²) in [6.07, 6.45) is -3.36. The Morgan fingerprint density at radius 1 is 1.07 bits per heavy atom. The fraction of sp³-hybridized carbons (Fsp3) is 0.435. The third-order valence-electron chi connectivity index (χ3n) is 5.66. The summed E-state index contributed by atoms with van der Waals surface area (Å²) in [5.74, 6) is 0.288. The van der Waals surface area contributed by atoms with Crippen LogP contribution in [0.4, 0.5) is 24.5 Å². The van der Waals surface area contributed by atoms with E-state index in [0.717, 1.165) is 23.7 Å². The maximum atomic E-state index is 12.9. The first-order valence-corrected chi connectivity index (χ1v) is 10.3. The molecule has 0 aliphatic carbocycles. The fourth-order valence-electron chi connectivity index (χ4n) is 3.70. The number of rotatable bonds is 6. The number of nitrogens with zero attached hydrogens (tertiary/aromatic N) is 2. The van der Waals surface area contributed by atoms with Crippen molar-refractivity contribution >= 4 is 17.3 Å². The van der Waals surface area contributed by atoms with Gasteiger partial charge in [-0.2, -0.15) is 13.2 Å². The zero-order valence-corrected chi connectivity index (χ0v) is 17.4. The number of alkyl halides is 3. The molecule has 0 bridgehead atoms. The van der Waals surface area contributed by atoms with Crippen LogP contribution in [0.5, 0.6) is 0 Å². The lowest BCUT2D eigenvalue weighted by molar-refractivity contribution is -0.137. The zero-order chi connectivity index (χ0) is 21.7. The van der Waals surface area contributed by atoms with E-state index in [9.17, 15) is 18.0 Å². The molecule has 3 rings (SSSR count). The highest BCUT2D eigenvalue weighted by Crippen LogP contribution is 2.32. The van der Waals surface area contributed by atoms with Crippen LogP contribution in [0.2, 0.25) is 0 Å². The van der Waals surface area contributed by atoms with Gasteiger partial charge in [0.1, 0.15) is 0 Å². The van der Waals surface area contributed by atoms with E-state index in [1.54, 1.807) is 6.07 Å². The molecule has 2 aromatic carbocycles. The summed E-state index contributed by atoms with van der Waals surface area (Å²) < 4.78 is 38.8. The lowest BCUT2D eigenvalue weighted by Crippen LogP contribution is -2.48. The molecule has 2 aromatic rings. The summed E-state index contributed by atoms with van der Waals surface area (Å²) in [6.45, 7) is 6.93. The van der Waals surface area contributed by atoms with Gasteiger partial charge in [-0.15, -0.1) is 0 Å². The molecular formula is C23H28F3N3O. The number of para-hydroxylation sites is 1. The van der Waals surface area contributed by atoms with Crippen LogP contribution in [0.15, 0.2) is 48.5 Å². The van der Waals surface area contributed by atoms with Gasteiger partial charge >= 0.3 is 6.18 Å². The van der Waals surface area contributed by atoms with Crippen LogP contribution < -0.4 is 10.2 Å². The van der Waals surface area contributed by atoms with Crippen molar-refractivity contribution in [3.05, 3.63) is 59.7 Å².